The molecule has 1 aliphatic carbocycles. The molecule has 2 nitrogen and oxygen atoms in total. The maximum Gasteiger partial charge on any atom is 0.0250 e. The van der Waals surface area contributed by atoms with Gasteiger partial charge in [-0.25, -0.2) is 0 Å². The summed E-state index contributed by atoms with van der Waals surface area (Å²) in [5.41, 5.74) is 0. The van der Waals surface area contributed by atoms with Gasteiger partial charge in [0.05, 0.1) is 0 Å². The Kier molecular flexibility index (Phi) is 3.01. The minimum Gasteiger partial charge on any atom is -0.310 e. The first-order valence-corrected chi connectivity index (χ1v) is 5.43. The van der Waals surface area contributed by atoms with Gasteiger partial charge in [-0.2, -0.15) is 0 Å². The van der Waals surface area contributed by atoms with Crippen molar-refractivity contribution < 1.29 is 0 Å². The molecule has 0 aromatic carbocycles. The van der Waals surface area contributed by atoms with Crippen LogP contribution in [0.1, 0.15) is 19.3 Å². The molecule has 1 unspecified atom stereocenters. The second-order valence-electron chi connectivity index (χ2n) is 4.46. The summed E-state index contributed by atoms with van der Waals surface area (Å²) in [6, 6.07) is 0.666. The van der Waals surface area contributed by atoms with Crippen LogP contribution >= 0.6 is 0 Å². The van der Waals surface area contributed by atoms with Crippen LogP contribution < -0.4 is 5.32 Å². The molecular formula is C11H20N2. The highest BCUT2D eigenvalue weighted by Gasteiger charge is 2.23. The number of likely N-dealkylation sites (tertiary alicyclic amines) is 1. The summed E-state index contributed by atoms with van der Waals surface area (Å²) in [7, 11) is 2.19. The Bertz CT molecular complexity index is 183. The van der Waals surface area contributed by atoms with E-state index in [2.05, 4.69) is 29.4 Å². The van der Waals surface area contributed by atoms with Gasteiger partial charge in [-0.3, -0.25) is 0 Å². The van der Waals surface area contributed by atoms with Crippen molar-refractivity contribution in [2.45, 2.75) is 25.3 Å². The smallest absolute Gasteiger partial charge is 0.0250 e. The Balaban J connectivity index is 1.62. The van der Waals surface area contributed by atoms with Crippen LogP contribution in [0.2, 0.25) is 0 Å². The van der Waals surface area contributed by atoms with E-state index in [0.717, 1.165) is 5.92 Å². The Morgan fingerprint density at radius 3 is 2.92 bits per heavy atom. The van der Waals surface area contributed by atoms with E-state index < -0.39 is 0 Å². The summed E-state index contributed by atoms with van der Waals surface area (Å²) >= 11 is 0. The van der Waals surface area contributed by atoms with E-state index in [4.69, 9.17) is 0 Å². The van der Waals surface area contributed by atoms with Crippen LogP contribution in [0.3, 0.4) is 0 Å². The lowest BCUT2D eigenvalue weighted by molar-refractivity contribution is 0.131. The second-order valence-corrected chi connectivity index (χ2v) is 4.46. The van der Waals surface area contributed by atoms with Gasteiger partial charge in [0.25, 0.3) is 0 Å². The molecule has 2 aliphatic rings. The first kappa shape index (κ1) is 9.22. The molecule has 0 bridgehead atoms. The third-order valence-corrected chi connectivity index (χ3v) is 3.06. The third-order valence-electron chi connectivity index (χ3n) is 3.06. The van der Waals surface area contributed by atoms with E-state index in [1.54, 1.807) is 0 Å². The number of rotatable bonds is 3. The molecule has 1 heterocycles. The van der Waals surface area contributed by atoms with E-state index in [0.29, 0.717) is 6.04 Å². The van der Waals surface area contributed by atoms with Gasteiger partial charge in [0, 0.05) is 25.7 Å². The molecule has 0 aromatic heterocycles. The fourth-order valence-electron chi connectivity index (χ4n) is 2.26. The van der Waals surface area contributed by atoms with Crippen LogP contribution in [0.15, 0.2) is 12.2 Å². The van der Waals surface area contributed by atoms with Gasteiger partial charge in [0.2, 0.25) is 0 Å². The van der Waals surface area contributed by atoms with Crippen LogP contribution in [0.5, 0.6) is 0 Å². The van der Waals surface area contributed by atoms with Crippen molar-refractivity contribution in [1.82, 2.24) is 10.2 Å². The summed E-state index contributed by atoms with van der Waals surface area (Å²) in [5, 5.41) is 3.63. The molecule has 1 atom stereocenters. The lowest BCUT2D eigenvalue weighted by Gasteiger charge is -2.37. The molecule has 0 amide bonds. The normalized spacial score (nSPS) is 30.4. The minimum absolute atomic E-state index is 0.666. The zero-order chi connectivity index (χ0) is 9.10. The predicted octanol–water partition coefficient (Wildman–Crippen LogP) is 1.25. The van der Waals surface area contributed by atoms with Crippen LogP contribution in [0.25, 0.3) is 0 Å². The molecule has 1 fully saturated rings. The average Bonchev–Trinajstić information content (AvgIpc) is 2.12. The van der Waals surface area contributed by atoms with Crippen molar-refractivity contribution in [2.75, 3.05) is 26.7 Å². The highest BCUT2D eigenvalue weighted by Crippen LogP contribution is 2.14. The van der Waals surface area contributed by atoms with Crippen molar-refractivity contribution >= 4 is 0 Å². The minimum atomic E-state index is 0.666. The molecule has 1 aliphatic heterocycles. The summed E-state index contributed by atoms with van der Waals surface area (Å²) in [4.78, 5) is 2.38. The molecule has 0 aromatic rings. The molecule has 1 saturated heterocycles. The average molecular weight is 180 g/mol. The van der Waals surface area contributed by atoms with Crippen LogP contribution in [0, 0.1) is 5.92 Å². The van der Waals surface area contributed by atoms with Crippen molar-refractivity contribution in [1.29, 1.82) is 0 Å². The Morgan fingerprint density at radius 1 is 1.46 bits per heavy atom. The SMILES string of the molecule is CN1CC(CNC2C=CCCC2)C1. The van der Waals surface area contributed by atoms with Crippen LogP contribution in [-0.2, 0) is 0 Å². The van der Waals surface area contributed by atoms with E-state index in [-0.39, 0.29) is 0 Å². The van der Waals surface area contributed by atoms with Crippen molar-refractivity contribution in [3.05, 3.63) is 12.2 Å². The molecule has 74 valence electrons. The van der Waals surface area contributed by atoms with Gasteiger partial charge in [-0.1, -0.05) is 12.2 Å². The predicted molar refractivity (Wildman–Crippen MR) is 55.8 cm³/mol. The zero-order valence-electron chi connectivity index (χ0n) is 8.50. The monoisotopic (exact) mass is 180 g/mol. The Hall–Kier alpha value is -0.340. The molecule has 0 spiro atoms. The molecule has 1 N–H and O–H groups in total. The highest BCUT2D eigenvalue weighted by atomic mass is 15.2. The van der Waals surface area contributed by atoms with Gasteiger partial charge in [0.1, 0.15) is 0 Å². The fourth-order valence-corrected chi connectivity index (χ4v) is 2.26. The number of nitrogens with one attached hydrogen (secondary N) is 1. The van der Waals surface area contributed by atoms with Gasteiger partial charge in [-0.05, 0) is 32.2 Å². The third kappa shape index (κ3) is 2.55. The van der Waals surface area contributed by atoms with Crippen molar-refractivity contribution in [3.63, 3.8) is 0 Å². The maximum atomic E-state index is 3.63. The fraction of sp³-hybridized carbons (Fsp3) is 0.818. The van der Waals surface area contributed by atoms with Crippen molar-refractivity contribution in [2.24, 2.45) is 5.92 Å². The lowest BCUT2D eigenvalue weighted by atomic mass is 9.98. The number of hydrogen-bond donors (Lipinski definition) is 1. The number of allylic oxidation sites excluding steroid dienone is 1. The standard InChI is InChI=1S/C11H20N2/c1-13-8-10(9-13)7-12-11-5-3-2-4-6-11/h3,5,10-12H,2,4,6-9H2,1H3. The molecule has 0 radical (unpaired) electrons. The molecule has 2 rings (SSSR count). The van der Waals surface area contributed by atoms with Gasteiger partial charge < -0.3 is 10.2 Å². The second kappa shape index (κ2) is 4.25. The van der Waals surface area contributed by atoms with Crippen molar-refractivity contribution in [3.8, 4) is 0 Å². The van der Waals surface area contributed by atoms with E-state index in [1.807, 2.05) is 0 Å². The molecular weight excluding hydrogens is 160 g/mol. The summed E-state index contributed by atoms with van der Waals surface area (Å²) in [6.07, 6.45) is 8.63. The topological polar surface area (TPSA) is 15.3 Å². The first-order chi connectivity index (χ1) is 6.34. The summed E-state index contributed by atoms with van der Waals surface area (Å²) < 4.78 is 0. The lowest BCUT2D eigenvalue weighted by Crippen LogP contribution is -2.49. The summed E-state index contributed by atoms with van der Waals surface area (Å²) in [6.45, 7) is 3.77. The van der Waals surface area contributed by atoms with E-state index in [9.17, 15) is 0 Å². The van der Waals surface area contributed by atoms with E-state index >= 15 is 0 Å². The van der Waals surface area contributed by atoms with Crippen LogP contribution in [-0.4, -0.2) is 37.6 Å². The zero-order valence-corrected chi connectivity index (χ0v) is 8.50. The van der Waals surface area contributed by atoms with Gasteiger partial charge in [-0.15, -0.1) is 0 Å². The largest absolute Gasteiger partial charge is 0.310 e. The highest BCUT2D eigenvalue weighted by molar-refractivity contribution is 4.98. The number of hydrogen-bond acceptors (Lipinski definition) is 2. The quantitative estimate of drug-likeness (QED) is 0.658. The van der Waals surface area contributed by atoms with Gasteiger partial charge in [0.15, 0.2) is 0 Å². The van der Waals surface area contributed by atoms with Crippen LogP contribution in [0.4, 0.5) is 0 Å². The van der Waals surface area contributed by atoms with Gasteiger partial charge >= 0.3 is 0 Å². The first-order valence-electron chi connectivity index (χ1n) is 5.43. The molecule has 2 heteroatoms. The summed E-state index contributed by atoms with van der Waals surface area (Å²) in [5.74, 6) is 0.903. The maximum absolute atomic E-state index is 3.63. The Morgan fingerprint density at radius 2 is 2.31 bits per heavy atom. The van der Waals surface area contributed by atoms with E-state index in [1.165, 1.54) is 38.9 Å². The molecule has 13 heavy (non-hydrogen) atoms. The number of nitrogens with zero attached hydrogens (tertiary/aromatic N) is 1. The molecule has 0 saturated carbocycles. The Labute approximate surface area is 81.0 Å².